The smallest absolute Gasteiger partial charge is 0.0621 e. The standard InChI is InChI=1S/C13H27NO2/c1-4-5-8-16-9-6-7-14-11-10-12(15)13(11,2)3/h11-12,14-15H,4-10H2,1-3H3. The van der Waals surface area contributed by atoms with E-state index in [2.05, 4.69) is 26.1 Å². The zero-order valence-electron chi connectivity index (χ0n) is 11.0. The third kappa shape index (κ3) is 3.72. The van der Waals surface area contributed by atoms with E-state index < -0.39 is 0 Å². The summed E-state index contributed by atoms with van der Waals surface area (Å²) in [7, 11) is 0. The molecule has 1 saturated carbocycles. The zero-order chi connectivity index (χ0) is 12.0. The van der Waals surface area contributed by atoms with Gasteiger partial charge in [-0.2, -0.15) is 0 Å². The molecule has 2 N–H and O–H groups in total. The van der Waals surface area contributed by atoms with E-state index in [1.165, 1.54) is 6.42 Å². The number of rotatable bonds is 8. The first-order chi connectivity index (χ1) is 7.59. The molecule has 0 bridgehead atoms. The Morgan fingerprint density at radius 3 is 2.56 bits per heavy atom. The Morgan fingerprint density at radius 1 is 1.31 bits per heavy atom. The Balaban J connectivity index is 1.93. The quantitative estimate of drug-likeness (QED) is 0.625. The number of aliphatic hydroxyl groups is 1. The second-order valence-electron chi connectivity index (χ2n) is 5.40. The van der Waals surface area contributed by atoms with Crippen molar-refractivity contribution in [3.63, 3.8) is 0 Å². The predicted octanol–water partition coefficient (Wildman–Crippen LogP) is 1.94. The van der Waals surface area contributed by atoms with E-state index in [0.717, 1.165) is 39.0 Å². The van der Waals surface area contributed by atoms with Crippen molar-refractivity contribution in [3.05, 3.63) is 0 Å². The molecule has 3 heteroatoms. The number of ether oxygens (including phenoxy) is 1. The van der Waals surface area contributed by atoms with Gasteiger partial charge in [0, 0.05) is 24.7 Å². The lowest BCUT2D eigenvalue weighted by Crippen LogP contribution is -2.60. The molecule has 2 unspecified atom stereocenters. The van der Waals surface area contributed by atoms with E-state index in [0.29, 0.717) is 6.04 Å². The largest absolute Gasteiger partial charge is 0.392 e. The van der Waals surface area contributed by atoms with Crippen molar-refractivity contribution in [1.82, 2.24) is 5.32 Å². The second kappa shape index (κ2) is 6.58. The Kier molecular flexibility index (Phi) is 5.73. The van der Waals surface area contributed by atoms with Crippen molar-refractivity contribution in [2.45, 2.75) is 58.6 Å². The van der Waals surface area contributed by atoms with Gasteiger partial charge in [0.2, 0.25) is 0 Å². The maximum absolute atomic E-state index is 9.58. The van der Waals surface area contributed by atoms with Gasteiger partial charge in [0.25, 0.3) is 0 Å². The number of unbranched alkanes of at least 4 members (excludes halogenated alkanes) is 1. The molecule has 0 amide bonds. The summed E-state index contributed by atoms with van der Waals surface area (Å²) in [5, 5.41) is 13.1. The molecule has 1 fully saturated rings. The maximum atomic E-state index is 9.58. The molecular weight excluding hydrogens is 202 g/mol. The number of aliphatic hydroxyl groups excluding tert-OH is 1. The average Bonchev–Trinajstić information content (AvgIpc) is 2.26. The van der Waals surface area contributed by atoms with Crippen molar-refractivity contribution in [1.29, 1.82) is 0 Å². The first-order valence-corrected chi connectivity index (χ1v) is 6.58. The Bertz CT molecular complexity index is 194. The molecule has 0 aromatic rings. The molecule has 0 aromatic heterocycles. The van der Waals surface area contributed by atoms with Gasteiger partial charge in [0.1, 0.15) is 0 Å². The highest BCUT2D eigenvalue weighted by Gasteiger charge is 2.46. The highest BCUT2D eigenvalue weighted by molar-refractivity contribution is 5.01. The van der Waals surface area contributed by atoms with E-state index in [1.54, 1.807) is 0 Å². The van der Waals surface area contributed by atoms with E-state index in [-0.39, 0.29) is 11.5 Å². The fourth-order valence-electron chi connectivity index (χ4n) is 2.05. The van der Waals surface area contributed by atoms with Crippen molar-refractivity contribution in [2.24, 2.45) is 5.41 Å². The Labute approximate surface area is 99.6 Å². The van der Waals surface area contributed by atoms with Gasteiger partial charge >= 0.3 is 0 Å². The van der Waals surface area contributed by atoms with Gasteiger partial charge in [-0.25, -0.2) is 0 Å². The molecule has 0 spiro atoms. The van der Waals surface area contributed by atoms with Gasteiger partial charge in [-0.05, 0) is 25.8 Å². The fraction of sp³-hybridized carbons (Fsp3) is 1.00. The van der Waals surface area contributed by atoms with Gasteiger partial charge in [0.15, 0.2) is 0 Å². The SMILES string of the molecule is CCCCOCCCNC1CC(O)C1(C)C. The molecule has 0 aliphatic heterocycles. The highest BCUT2D eigenvalue weighted by atomic mass is 16.5. The van der Waals surface area contributed by atoms with Crippen LogP contribution in [-0.2, 0) is 4.74 Å². The van der Waals surface area contributed by atoms with Crippen LogP contribution >= 0.6 is 0 Å². The van der Waals surface area contributed by atoms with Gasteiger partial charge in [-0.1, -0.05) is 27.2 Å². The molecule has 1 rings (SSSR count). The Hall–Kier alpha value is -0.120. The normalized spacial score (nSPS) is 27.8. The summed E-state index contributed by atoms with van der Waals surface area (Å²) in [5.41, 5.74) is 0.0447. The number of hydrogen-bond acceptors (Lipinski definition) is 3. The molecule has 0 saturated heterocycles. The van der Waals surface area contributed by atoms with Crippen LogP contribution in [0.5, 0.6) is 0 Å². The van der Waals surface area contributed by atoms with Crippen LogP contribution in [0.1, 0.15) is 46.5 Å². The molecule has 96 valence electrons. The molecule has 16 heavy (non-hydrogen) atoms. The number of hydrogen-bond donors (Lipinski definition) is 2. The molecule has 1 aliphatic rings. The minimum absolute atomic E-state index is 0.0447. The van der Waals surface area contributed by atoms with Crippen LogP contribution in [0, 0.1) is 5.41 Å². The number of nitrogens with one attached hydrogen (secondary N) is 1. The lowest BCUT2D eigenvalue weighted by Gasteiger charge is -2.49. The molecule has 0 radical (unpaired) electrons. The summed E-state index contributed by atoms with van der Waals surface area (Å²) in [5.74, 6) is 0. The minimum atomic E-state index is -0.134. The lowest BCUT2D eigenvalue weighted by atomic mass is 9.64. The van der Waals surface area contributed by atoms with Gasteiger partial charge in [-0.15, -0.1) is 0 Å². The molecule has 3 nitrogen and oxygen atoms in total. The zero-order valence-corrected chi connectivity index (χ0v) is 11.0. The third-order valence-corrected chi connectivity index (χ3v) is 3.71. The molecule has 1 aliphatic carbocycles. The first-order valence-electron chi connectivity index (χ1n) is 6.58. The van der Waals surface area contributed by atoms with E-state index in [9.17, 15) is 5.11 Å². The van der Waals surface area contributed by atoms with Crippen LogP contribution in [0.4, 0.5) is 0 Å². The average molecular weight is 229 g/mol. The van der Waals surface area contributed by atoms with Crippen LogP contribution < -0.4 is 5.32 Å². The van der Waals surface area contributed by atoms with Crippen LogP contribution in [-0.4, -0.2) is 37.0 Å². The van der Waals surface area contributed by atoms with Crippen molar-refractivity contribution >= 4 is 0 Å². The van der Waals surface area contributed by atoms with E-state index in [1.807, 2.05) is 0 Å². The maximum Gasteiger partial charge on any atom is 0.0621 e. The first kappa shape index (κ1) is 13.9. The Morgan fingerprint density at radius 2 is 2.00 bits per heavy atom. The van der Waals surface area contributed by atoms with Crippen LogP contribution in [0.15, 0.2) is 0 Å². The monoisotopic (exact) mass is 229 g/mol. The van der Waals surface area contributed by atoms with E-state index in [4.69, 9.17) is 4.74 Å². The van der Waals surface area contributed by atoms with E-state index >= 15 is 0 Å². The summed E-state index contributed by atoms with van der Waals surface area (Å²) in [4.78, 5) is 0. The summed E-state index contributed by atoms with van der Waals surface area (Å²) >= 11 is 0. The minimum Gasteiger partial charge on any atom is -0.392 e. The molecule has 0 heterocycles. The van der Waals surface area contributed by atoms with Crippen LogP contribution in [0.25, 0.3) is 0 Å². The van der Waals surface area contributed by atoms with Gasteiger partial charge < -0.3 is 15.2 Å². The fourth-order valence-corrected chi connectivity index (χ4v) is 2.05. The third-order valence-electron chi connectivity index (χ3n) is 3.71. The highest BCUT2D eigenvalue weighted by Crippen LogP contribution is 2.40. The summed E-state index contributed by atoms with van der Waals surface area (Å²) in [6, 6.07) is 0.471. The van der Waals surface area contributed by atoms with Crippen molar-refractivity contribution in [2.75, 3.05) is 19.8 Å². The summed E-state index contributed by atoms with van der Waals surface area (Å²) < 4.78 is 5.49. The van der Waals surface area contributed by atoms with Crippen LogP contribution in [0.3, 0.4) is 0 Å². The topological polar surface area (TPSA) is 41.5 Å². The predicted molar refractivity (Wildman–Crippen MR) is 66.5 cm³/mol. The molecular formula is C13H27NO2. The van der Waals surface area contributed by atoms with Crippen molar-refractivity contribution in [3.8, 4) is 0 Å². The van der Waals surface area contributed by atoms with Gasteiger partial charge in [-0.3, -0.25) is 0 Å². The summed E-state index contributed by atoms with van der Waals surface area (Å²) in [6.45, 7) is 9.15. The van der Waals surface area contributed by atoms with Crippen molar-refractivity contribution < 1.29 is 9.84 Å². The van der Waals surface area contributed by atoms with Gasteiger partial charge in [0.05, 0.1) is 6.10 Å². The van der Waals surface area contributed by atoms with Crippen LogP contribution in [0.2, 0.25) is 0 Å². The molecule has 0 aromatic carbocycles. The summed E-state index contributed by atoms with van der Waals surface area (Å²) in [6.07, 6.45) is 4.18. The lowest BCUT2D eigenvalue weighted by molar-refractivity contribution is -0.0726. The second-order valence-corrected chi connectivity index (χ2v) is 5.40. The molecule has 2 atom stereocenters.